The summed E-state index contributed by atoms with van der Waals surface area (Å²) in [5.74, 6) is 0.436. The zero-order valence-electron chi connectivity index (χ0n) is 11.2. The van der Waals surface area contributed by atoms with Gasteiger partial charge in [-0.25, -0.2) is 0 Å². The van der Waals surface area contributed by atoms with Gasteiger partial charge in [0, 0.05) is 6.54 Å². The van der Waals surface area contributed by atoms with Crippen LogP contribution < -0.4 is 11.1 Å². The molecule has 2 aromatic carbocycles. The Kier molecular flexibility index (Phi) is 3.35. The van der Waals surface area contributed by atoms with E-state index in [9.17, 15) is 0 Å². The number of rotatable bonds is 4. The maximum absolute atomic E-state index is 5.68. The van der Waals surface area contributed by atoms with Crippen LogP contribution in [0.1, 0.15) is 24.4 Å². The number of hydrogen-bond donors (Lipinski definition) is 2. The second-order valence-corrected chi connectivity index (χ2v) is 4.73. The predicted octanol–water partition coefficient (Wildman–Crippen LogP) is 2.85. The Hall–Kier alpha value is -2.40. The Morgan fingerprint density at radius 3 is 2.75 bits per heavy atom. The molecule has 5 heteroatoms. The lowest BCUT2D eigenvalue weighted by atomic mass is 10.0. The Morgan fingerprint density at radius 1 is 1.15 bits per heavy atom. The first-order valence-corrected chi connectivity index (χ1v) is 6.53. The average molecular weight is 268 g/mol. The summed E-state index contributed by atoms with van der Waals surface area (Å²) in [5.41, 5.74) is 6.87. The standard InChI is InChI=1S/C15H16N4O/c1-10(16)14-18-19-15(20-14)17-9-12-7-4-6-11-5-2-3-8-13(11)12/h2-8,10H,9,16H2,1H3,(H,17,19). The topological polar surface area (TPSA) is 77.0 Å². The lowest BCUT2D eigenvalue weighted by Crippen LogP contribution is -2.04. The van der Waals surface area contributed by atoms with E-state index in [-0.39, 0.29) is 6.04 Å². The lowest BCUT2D eigenvalue weighted by molar-refractivity contribution is 0.472. The van der Waals surface area contributed by atoms with Gasteiger partial charge in [-0.05, 0) is 23.3 Å². The number of benzene rings is 2. The predicted molar refractivity (Wildman–Crippen MR) is 78.2 cm³/mol. The summed E-state index contributed by atoms with van der Waals surface area (Å²) in [6, 6.07) is 14.6. The Bertz CT molecular complexity index is 715. The molecule has 1 aromatic heterocycles. The highest BCUT2D eigenvalue weighted by Gasteiger charge is 2.09. The highest BCUT2D eigenvalue weighted by molar-refractivity contribution is 5.85. The highest BCUT2D eigenvalue weighted by atomic mass is 16.4. The monoisotopic (exact) mass is 268 g/mol. The summed E-state index contributed by atoms with van der Waals surface area (Å²) in [7, 11) is 0. The SMILES string of the molecule is CC(N)c1nnc(NCc2cccc3ccccc23)o1. The average Bonchev–Trinajstić information content (AvgIpc) is 2.94. The number of fused-ring (bicyclic) bond motifs is 1. The van der Waals surface area contributed by atoms with Crippen molar-refractivity contribution in [1.29, 1.82) is 0 Å². The highest BCUT2D eigenvalue weighted by Crippen LogP contribution is 2.19. The molecule has 1 unspecified atom stereocenters. The molecule has 0 amide bonds. The maximum atomic E-state index is 5.68. The van der Waals surface area contributed by atoms with Crippen molar-refractivity contribution in [2.24, 2.45) is 5.73 Å². The van der Waals surface area contributed by atoms with Crippen LogP contribution >= 0.6 is 0 Å². The molecular weight excluding hydrogens is 252 g/mol. The molecule has 0 aliphatic rings. The maximum Gasteiger partial charge on any atom is 0.315 e. The first-order valence-electron chi connectivity index (χ1n) is 6.53. The molecule has 5 nitrogen and oxygen atoms in total. The molecule has 3 aromatic rings. The number of anilines is 1. The summed E-state index contributed by atoms with van der Waals surface area (Å²) >= 11 is 0. The lowest BCUT2D eigenvalue weighted by Gasteiger charge is -2.06. The molecule has 0 bridgehead atoms. The molecule has 3 rings (SSSR count). The number of hydrogen-bond acceptors (Lipinski definition) is 5. The molecular formula is C15H16N4O. The van der Waals surface area contributed by atoms with Crippen molar-refractivity contribution in [1.82, 2.24) is 10.2 Å². The van der Waals surface area contributed by atoms with Crippen molar-refractivity contribution < 1.29 is 4.42 Å². The zero-order chi connectivity index (χ0) is 13.9. The van der Waals surface area contributed by atoms with Crippen LogP contribution in [0.5, 0.6) is 0 Å². The molecule has 3 N–H and O–H groups in total. The van der Waals surface area contributed by atoms with E-state index in [4.69, 9.17) is 10.2 Å². The minimum absolute atomic E-state index is 0.254. The molecule has 0 spiro atoms. The number of nitrogens with one attached hydrogen (secondary N) is 1. The van der Waals surface area contributed by atoms with Gasteiger partial charge in [-0.15, -0.1) is 5.10 Å². The molecule has 0 aliphatic carbocycles. The molecule has 1 atom stereocenters. The van der Waals surface area contributed by atoms with Gasteiger partial charge in [0.1, 0.15) is 0 Å². The summed E-state index contributed by atoms with van der Waals surface area (Å²) in [6.45, 7) is 2.43. The fourth-order valence-corrected chi connectivity index (χ4v) is 2.11. The second-order valence-electron chi connectivity index (χ2n) is 4.73. The van der Waals surface area contributed by atoms with Crippen molar-refractivity contribution in [3.05, 3.63) is 53.9 Å². The fraction of sp³-hybridized carbons (Fsp3) is 0.200. The van der Waals surface area contributed by atoms with Crippen molar-refractivity contribution in [2.45, 2.75) is 19.5 Å². The van der Waals surface area contributed by atoms with Gasteiger partial charge in [-0.2, -0.15) is 0 Å². The van der Waals surface area contributed by atoms with Gasteiger partial charge in [0.05, 0.1) is 6.04 Å². The summed E-state index contributed by atoms with van der Waals surface area (Å²) in [4.78, 5) is 0. The first-order chi connectivity index (χ1) is 9.74. The van der Waals surface area contributed by atoms with E-state index in [2.05, 4.69) is 39.8 Å². The third kappa shape index (κ3) is 2.48. The molecule has 20 heavy (non-hydrogen) atoms. The Morgan fingerprint density at radius 2 is 1.95 bits per heavy atom. The van der Waals surface area contributed by atoms with Crippen LogP contribution in [0.25, 0.3) is 10.8 Å². The minimum Gasteiger partial charge on any atom is -0.406 e. The van der Waals surface area contributed by atoms with E-state index >= 15 is 0 Å². The van der Waals surface area contributed by atoms with Crippen LogP contribution in [0, 0.1) is 0 Å². The van der Waals surface area contributed by atoms with Gasteiger partial charge in [0.2, 0.25) is 5.89 Å². The van der Waals surface area contributed by atoms with Crippen LogP contribution in [0.2, 0.25) is 0 Å². The van der Waals surface area contributed by atoms with Gasteiger partial charge in [0.15, 0.2) is 0 Å². The van der Waals surface area contributed by atoms with Crippen molar-refractivity contribution in [3.63, 3.8) is 0 Å². The summed E-state index contributed by atoms with van der Waals surface area (Å²) in [5, 5.41) is 13.4. The van der Waals surface area contributed by atoms with Gasteiger partial charge in [-0.3, -0.25) is 0 Å². The number of nitrogens with two attached hydrogens (primary N) is 1. The molecule has 0 radical (unpaired) electrons. The van der Waals surface area contributed by atoms with E-state index in [1.807, 2.05) is 25.1 Å². The van der Waals surface area contributed by atoms with Gasteiger partial charge >= 0.3 is 6.01 Å². The van der Waals surface area contributed by atoms with Crippen LogP contribution in [0.15, 0.2) is 46.9 Å². The molecule has 0 fully saturated rings. The van der Waals surface area contributed by atoms with E-state index in [0.717, 1.165) is 0 Å². The largest absolute Gasteiger partial charge is 0.406 e. The van der Waals surface area contributed by atoms with E-state index < -0.39 is 0 Å². The van der Waals surface area contributed by atoms with Gasteiger partial charge in [0.25, 0.3) is 0 Å². The smallest absolute Gasteiger partial charge is 0.315 e. The van der Waals surface area contributed by atoms with Gasteiger partial charge in [-0.1, -0.05) is 47.6 Å². The van der Waals surface area contributed by atoms with Crippen LogP contribution in [0.3, 0.4) is 0 Å². The third-order valence-corrected chi connectivity index (χ3v) is 3.14. The van der Waals surface area contributed by atoms with Crippen LogP contribution in [-0.4, -0.2) is 10.2 Å². The second kappa shape index (κ2) is 5.30. The van der Waals surface area contributed by atoms with Crippen molar-refractivity contribution >= 4 is 16.8 Å². The number of aromatic nitrogens is 2. The van der Waals surface area contributed by atoms with E-state index in [1.54, 1.807) is 0 Å². The van der Waals surface area contributed by atoms with Crippen molar-refractivity contribution in [3.8, 4) is 0 Å². The van der Waals surface area contributed by atoms with E-state index in [0.29, 0.717) is 18.5 Å². The van der Waals surface area contributed by atoms with Crippen LogP contribution in [-0.2, 0) is 6.54 Å². The van der Waals surface area contributed by atoms with E-state index in [1.165, 1.54) is 16.3 Å². The fourth-order valence-electron chi connectivity index (χ4n) is 2.11. The molecule has 0 saturated heterocycles. The summed E-state index contributed by atoms with van der Waals surface area (Å²) in [6.07, 6.45) is 0. The molecule has 1 heterocycles. The van der Waals surface area contributed by atoms with Crippen molar-refractivity contribution in [2.75, 3.05) is 5.32 Å². The molecule has 0 aliphatic heterocycles. The van der Waals surface area contributed by atoms with Gasteiger partial charge < -0.3 is 15.5 Å². The number of nitrogens with zero attached hydrogens (tertiary/aromatic N) is 2. The molecule has 102 valence electrons. The van der Waals surface area contributed by atoms with Crippen LogP contribution in [0.4, 0.5) is 6.01 Å². The summed E-state index contributed by atoms with van der Waals surface area (Å²) < 4.78 is 5.42. The Balaban J connectivity index is 1.79. The minimum atomic E-state index is -0.254. The first kappa shape index (κ1) is 12.6. The molecule has 0 saturated carbocycles. The normalized spacial score (nSPS) is 12.5. The third-order valence-electron chi connectivity index (χ3n) is 3.14. The quantitative estimate of drug-likeness (QED) is 0.760. The Labute approximate surface area is 116 Å². The zero-order valence-corrected chi connectivity index (χ0v) is 11.2.